The summed E-state index contributed by atoms with van der Waals surface area (Å²) < 4.78 is 5.92. The van der Waals surface area contributed by atoms with Crippen LogP contribution in [0.3, 0.4) is 0 Å². The quantitative estimate of drug-likeness (QED) is 0.310. The van der Waals surface area contributed by atoms with Crippen LogP contribution in [0.2, 0.25) is 0 Å². The van der Waals surface area contributed by atoms with Crippen molar-refractivity contribution in [1.82, 2.24) is 5.32 Å². The molecule has 0 unspecified atom stereocenters. The van der Waals surface area contributed by atoms with Gasteiger partial charge in [0, 0.05) is 12.1 Å². The molecule has 6 nitrogen and oxygen atoms in total. The number of aryl methyl sites for hydroxylation is 1. The highest BCUT2D eigenvalue weighted by Crippen LogP contribution is 2.34. The monoisotopic (exact) mass is 506 g/mol. The standard InChI is InChI=1S/C32H30N2O4/c1-21-7-11-24(12-8-21)22(2)33-31(35)26-15-16-29-30(19-26)38-18-17-34(29)20-23-9-13-25(14-10-23)27-5-3-4-6-28(27)32(36)37/h3-16,19,22H,17-18,20H2,1-2H3,(H,33,35)(H,36,37)/t22-/m0/s1. The molecule has 0 fully saturated rings. The summed E-state index contributed by atoms with van der Waals surface area (Å²) in [5.41, 5.74) is 6.70. The maximum absolute atomic E-state index is 13.0. The summed E-state index contributed by atoms with van der Waals surface area (Å²) in [6, 6.07) is 28.6. The van der Waals surface area contributed by atoms with Gasteiger partial charge in [0.15, 0.2) is 0 Å². The Kier molecular flexibility index (Phi) is 7.13. The molecule has 1 amide bonds. The molecule has 38 heavy (non-hydrogen) atoms. The number of benzene rings is 4. The maximum Gasteiger partial charge on any atom is 0.336 e. The van der Waals surface area contributed by atoms with Crippen LogP contribution in [0.4, 0.5) is 5.69 Å². The van der Waals surface area contributed by atoms with Gasteiger partial charge in [0.1, 0.15) is 12.4 Å². The van der Waals surface area contributed by atoms with E-state index < -0.39 is 5.97 Å². The number of hydrogen-bond donors (Lipinski definition) is 2. The predicted molar refractivity (Wildman–Crippen MR) is 149 cm³/mol. The van der Waals surface area contributed by atoms with Gasteiger partial charge < -0.3 is 20.1 Å². The molecule has 0 bridgehead atoms. The van der Waals surface area contributed by atoms with Crippen LogP contribution < -0.4 is 15.0 Å². The smallest absolute Gasteiger partial charge is 0.336 e. The third-order valence-electron chi connectivity index (χ3n) is 6.90. The molecule has 5 rings (SSSR count). The molecule has 0 aliphatic carbocycles. The Morgan fingerprint density at radius 2 is 1.71 bits per heavy atom. The second-order valence-electron chi connectivity index (χ2n) is 9.61. The molecule has 0 aromatic heterocycles. The van der Waals surface area contributed by atoms with Crippen molar-refractivity contribution in [2.75, 3.05) is 18.1 Å². The van der Waals surface area contributed by atoms with Crippen molar-refractivity contribution >= 4 is 17.6 Å². The van der Waals surface area contributed by atoms with E-state index in [4.69, 9.17) is 4.74 Å². The molecule has 1 heterocycles. The molecule has 1 aliphatic rings. The Morgan fingerprint density at radius 1 is 0.974 bits per heavy atom. The number of carbonyl (C=O) groups is 2. The average Bonchev–Trinajstić information content (AvgIpc) is 2.93. The SMILES string of the molecule is Cc1ccc([C@H](C)NC(=O)c2ccc3c(c2)OCCN3Cc2ccc(-c3ccccc3C(=O)O)cc2)cc1. The lowest BCUT2D eigenvalue weighted by Gasteiger charge is -2.31. The van der Waals surface area contributed by atoms with E-state index in [0.29, 0.717) is 30.0 Å². The van der Waals surface area contributed by atoms with E-state index in [1.807, 2.05) is 92.7 Å². The topological polar surface area (TPSA) is 78.9 Å². The van der Waals surface area contributed by atoms with E-state index in [1.165, 1.54) is 5.56 Å². The zero-order chi connectivity index (χ0) is 26.6. The van der Waals surface area contributed by atoms with Gasteiger partial charge in [-0.25, -0.2) is 4.79 Å². The summed E-state index contributed by atoms with van der Waals surface area (Å²) in [6.45, 7) is 5.95. The first-order valence-corrected chi connectivity index (χ1v) is 12.7. The molecule has 0 saturated heterocycles. The van der Waals surface area contributed by atoms with Gasteiger partial charge in [0.2, 0.25) is 0 Å². The number of fused-ring (bicyclic) bond motifs is 1. The van der Waals surface area contributed by atoms with Crippen molar-refractivity contribution in [3.8, 4) is 16.9 Å². The predicted octanol–water partition coefficient (Wildman–Crippen LogP) is 6.25. The normalized spacial score (nSPS) is 13.3. The van der Waals surface area contributed by atoms with Crippen LogP contribution in [0.15, 0.2) is 91.0 Å². The molecule has 0 radical (unpaired) electrons. The first-order valence-electron chi connectivity index (χ1n) is 12.7. The zero-order valence-corrected chi connectivity index (χ0v) is 21.5. The number of nitrogens with zero attached hydrogens (tertiary/aromatic N) is 1. The number of carboxylic acid groups (broad SMARTS) is 1. The Bertz CT molecular complexity index is 1460. The number of ether oxygens (including phenoxy) is 1. The number of aromatic carboxylic acids is 1. The summed E-state index contributed by atoms with van der Waals surface area (Å²) in [7, 11) is 0. The largest absolute Gasteiger partial charge is 0.490 e. The van der Waals surface area contributed by atoms with Crippen LogP contribution in [-0.4, -0.2) is 30.1 Å². The fraction of sp³-hybridized carbons (Fsp3) is 0.188. The van der Waals surface area contributed by atoms with E-state index >= 15 is 0 Å². The van der Waals surface area contributed by atoms with Gasteiger partial charge >= 0.3 is 5.97 Å². The van der Waals surface area contributed by atoms with E-state index in [1.54, 1.807) is 12.1 Å². The fourth-order valence-corrected chi connectivity index (χ4v) is 4.73. The number of amides is 1. The van der Waals surface area contributed by atoms with E-state index in [9.17, 15) is 14.7 Å². The molecular weight excluding hydrogens is 476 g/mol. The van der Waals surface area contributed by atoms with E-state index in [-0.39, 0.29) is 17.5 Å². The summed E-state index contributed by atoms with van der Waals surface area (Å²) in [5, 5.41) is 12.6. The number of carbonyl (C=O) groups excluding carboxylic acids is 1. The Hall–Kier alpha value is -4.58. The van der Waals surface area contributed by atoms with Crippen LogP contribution in [0.1, 0.15) is 50.4 Å². The number of carboxylic acids is 1. The molecule has 0 saturated carbocycles. The van der Waals surface area contributed by atoms with Gasteiger partial charge in [-0.15, -0.1) is 0 Å². The minimum Gasteiger partial charge on any atom is -0.490 e. The lowest BCUT2D eigenvalue weighted by atomic mass is 9.98. The van der Waals surface area contributed by atoms with Crippen LogP contribution in [0.25, 0.3) is 11.1 Å². The van der Waals surface area contributed by atoms with Gasteiger partial charge in [-0.3, -0.25) is 4.79 Å². The molecule has 1 aliphatic heterocycles. The van der Waals surface area contributed by atoms with Crippen molar-refractivity contribution in [2.24, 2.45) is 0 Å². The highest BCUT2D eigenvalue weighted by atomic mass is 16.5. The summed E-state index contributed by atoms with van der Waals surface area (Å²) >= 11 is 0. The van der Waals surface area contributed by atoms with Crippen LogP contribution in [0, 0.1) is 6.92 Å². The summed E-state index contributed by atoms with van der Waals surface area (Å²) in [4.78, 5) is 26.8. The van der Waals surface area contributed by atoms with Gasteiger partial charge in [-0.2, -0.15) is 0 Å². The molecule has 192 valence electrons. The molecule has 4 aromatic carbocycles. The number of anilines is 1. The van der Waals surface area contributed by atoms with Gasteiger partial charge in [0.05, 0.1) is 23.8 Å². The lowest BCUT2D eigenvalue weighted by Crippen LogP contribution is -2.32. The molecule has 2 N–H and O–H groups in total. The molecule has 1 atom stereocenters. The van der Waals surface area contributed by atoms with Crippen molar-refractivity contribution in [2.45, 2.75) is 26.4 Å². The molecule has 4 aromatic rings. The third kappa shape index (κ3) is 5.39. The van der Waals surface area contributed by atoms with Crippen molar-refractivity contribution < 1.29 is 19.4 Å². The summed E-state index contributed by atoms with van der Waals surface area (Å²) in [6.07, 6.45) is 0. The lowest BCUT2D eigenvalue weighted by molar-refractivity contribution is 0.0697. The number of rotatable bonds is 7. The van der Waals surface area contributed by atoms with Gasteiger partial charge in [-0.1, -0.05) is 72.3 Å². The van der Waals surface area contributed by atoms with E-state index in [2.05, 4.69) is 10.2 Å². The minimum absolute atomic E-state index is 0.109. The van der Waals surface area contributed by atoms with Crippen molar-refractivity contribution in [3.05, 3.63) is 119 Å². The second kappa shape index (κ2) is 10.8. The van der Waals surface area contributed by atoms with Crippen molar-refractivity contribution in [1.29, 1.82) is 0 Å². The Labute approximate surface area is 222 Å². The van der Waals surface area contributed by atoms with Crippen LogP contribution >= 0.6 is 0 Å². The van der Waals surface area contributed by atoms with Crippen LogP contribution in [0.5, 0.6) is 5.75 Å². The minimum atomic E-state index is -0.938. The first-order chi connectivity index (χ1) is 18.4. The fourth-order valence-electron chi connectivity index (χ4n) is 4.73. The molecule has 0 spiro atoms. The van der Waals surface area contributed by atoms with Crippen LogP contribution in [-0.2, 0) is 6.54 Å². The summed E-state index contributed by atoms with van der Waals surface area (Å²) in [5.74, 6) is -0.384. The Morgan fingerprint density at radius 3 is 2.45 bits per heavy atom. The molecular formula is C32H30N2O4. The second-order valence-corrected chi connectivity index (χ2v) is 9.61. The zero-order valence-electron chi connectivity index (χ0n) is 21.5. The molecule has 6 heteroatoms. The van der Waals surface area contributed by atoms with Gasteiger partial charge in [-0.05, 0) is 60.4 Å². The van der Waals surface area contributed by atoms with Crippen molar-refractivity contribution in [3.63, 3.8) is 0 Å². The van der Waals surface area contributed by atoms with Gasteiger partial charge in [0.25, 0.3) is 5.91 Å². The first kappa shape index (κ1) is 25.1. The highest BCUT2D eigenvalue weighted by molar-refractivity contribution is 5.96. The highest BCUT2D eigenvalue weighted by Gasteiger charge is 2.21. The Balaban J connectivity index is 1.29. The van der Waals surface area contributed by atoms with E-state index in [0.717, 1.165) is 28.9 Å². The third-order valence-corrected chi connectivity index (χ3v) is 6.90. The average molecular weight is 507 g/mol. The number of nitrogens with one attached hydrogen (secondary N) is 1. The maximum atomic E-state index is 13.0. The number of hydrogen-bond acceptors (Lipinski definition) is 4.